The van der Waals surface area contributed by atoms with Gasteiger partial charge in [0.05, 0.1) is 12.7 Å². The summed E-state index contributed by atoms with van der Waals surface area (Å²) >= 11 is 0. The summed E-state index contributed by atoms with van der Waals surface area (Å²) in [6.45, 7) is 0. The van der Waals surface area contributed by atoms with E-state index in [0.717, 1.165) is 5.52 Å². The maximum atomic E-state index is 12.1. The molecule has 0 saturated carbocycles. The number of para-hydroxylation sites is 1. The van der Waals surface area contributed by atoms with Crippen LogP contribution in [0.5, 0.6) is 0 Å². The van der Waals surface area contributed by atoms with Crippen LogP contribution < -0.4 is 10.9 Å². The number of carbonyl (C=O) groups is 2. The molecule has 2 N–H and O–H groups in total. The van der Waals surface area contributed by atoms with E-state index in [4.69, 9.17) is 4.74 Å². The smallest absolute Gasteiger partial charge is 0.340 e. The number of nitrogens with one attached hydrogen (secondary N) is 2. The van der Waals surface area contributed by atoms with E-state index in [1.807, 2.05) is 18.2 Å². The zero-order chi connectivity index (χ0) is 14.0. The number of aryl methyl sites for hydroxylation is 1. The predicted molar refractivity (Wildman–Crippen MR) is 70.8 cm³/mol. The fourth-order valence-corrected chi connectivity index (χ4v) is 2.14. The highest BCUT2D eigenvalue weighted by molar-refractivity contribution is 6.14. The number of benzene rings is 1. The summed E-state index contributed by atoms with van der Waals surface area (Å²) in [6, 6.07) is 7.30. The van der Waals surface area contributed by atoms with E-state index >= 15 is 0 Å². The van der Waals surface area contributed by atoms with Crippen LogP contribution >= 0.6 is 0 Å². The van der Waals surface area contributed by atoms with Gasteiger partial charge in [0.25, 0.3) is 5.91 Å². The van der Waals surface area contributed by atoms with Gasteiger partial charge in [0.2, 0.25) is 0 Å². The van der Waals surface area contributed by atoms with Gasteiger partial charge in [-0.25, -0.2) is 10.2 Å². The molecule has 2 rings (SSSR count). The van der Waals surface area contributed by atoms with E-state index in [-0.39, 0.29) is 17.2 Å². The molecule has 100 valence electrons. The lowest BCUT2D eigenvalue weighted by atomic mass is 10.1. The number of amides is 1. The molecule has 2 aromatic rings. The van der Waals surface area contributed by atoms with Crippen molar-refractivity contribution in [1.82, 2.24) is 15.4 Å². The van der Waals surface area contributed by atoms with Crippen molar-refractivity contribution in [3.8, 4) is 0 Å². The number of aromatic nitrogens is 1. The third-order valence-corrected chi connectivity index (χ3v) is 2.95. The van der Waals surface area contributed by atoms with E-state index in [9.17, 15) is 9.59 Å². The zero-order valence-electron chi connectivity index (χ0n) is 11.0. The summed E-state index contributed by atoms with van der Waals surface area (Å²) in [6.07, 6.45) is 0. The first-order valence-corrected chi connectivity index (χ1v) is 5.74. The van der Waals surface area contributed by atoms with E-state index < -0.39 is 5.97 Å². The molecule has 0 radical (unpaired) electrons. The van der Waals surface area contributed by atoms with Crippen molar-refractivity contribution in [2.45, 2.75) is 0 Å². The van der Waals surface area contributed by atoms with Crippen LogP contribution in [-0.4, -0.2) is 30.6 Å². The maximum absolute atomic E-state index is 12.1. The number of esters is 1. The quantitative estimate of drug-likeness (QED) is 0.634. The van der Waals surface area contributed by atoms with Crippen LogP contribution in [0.15, 0.2) is 24.3 Å². The van der Waals surface area contributed by atoms with Crippen LogP contribution in [0.1, 0.15) is 20.8 Å². The summed E-state index contributed by atoms with van der Waals surface area (Å²) in [5.74, 6) is -0.917. The third-order valence-electron chi connectivity index (χ3n) is 2.95. The van der Waals surface area contributed by atoms with Crippen LogP contribution in [0.25, 0.3) is 10.9 Å². The van der Waals surface area contributed by atoms with E-state index in [1.54, 1.807) is 24.7 Å². The highest BCUT2D eigenvalue weighted by atomic mass is 16.5. The molecule has 1 heterocycles. The van der Waals surface area contributed by atoms with Crippen LogP contribution in [0.3, 0.4) is 0 Å². The van der Waals surface area contributed by atoms with Crippen molar-refractivity contribution in [2.24, 2.45) is 7.05 Å². The van der Waals surface area contributed by atoms with Crippen molar-refractivity contribution in [1.29, 1.82) is 0 Å². The molecular formula is C13H15N3O3. The second-order valence-corrected chi connectivity index (χ2v) is 4.00. The van der Waals surface area contributed by atoms with Gasteiger partial charge < -0.3 is 9.30 Å². The van der Waals surface area contributed by atoms with Gasteiger partial charge in [-0.15, -0.1) is 0 Å². The van der Waals surface area contributed by atoms with Crippen LogP contribution in [-0.2, 0) is 11.8 Å². The number of rotatable bonds is 3. The molecule has 19 heavy (non-hydrogen) atoms. The lowest BCUT2D eigenvalue weighted by molar-refractivity contribution is 0.0598. The topological polar surface area (TPSA) is 72.4 Å². The van der Waals surface area contributed by atoms with Crippen molar-refractivity contribution >= 4 is 22.8 Å². The molecule has 0 aliphatic heterocycles. The van der Waals surface area contributed by atoms with Crippen molar-refractivity contribution in [3.63, 3.8) is 0 Å². The van der Waals surface area contributed by atoms with Gasteiger partial charge in [-0.2, -0.15) is 0 Å². The van der Waals surface area contributed by atoms with E-state index in [1.165, 1.54) is 7.11 Å². The third kappa shape index (κ3) is 2.06. The Kier molecular flexibility index (Phi) is 3.52. The monoisotopic (exact) mass is 261 g/mol. The molecule has 0 saturated heterocycles. The first kappa shape index (κ1) is 13.1. The lowest BCUT2D eigenvalue weighted by Crippen LogP contribution is -2.36. The molecule has 0 aliphatic rings. The first-order valence-electron chi connectivity index (χ1n) is 5.74. The Morgan fingerprint density at radius 1 is 1.26 bits per heavy atom. The van der Waals surface area contributed by atoms with Gasteiger partial charge in [0, 0.05) is 25.0 Å². The molecule has 0 unspecified atom stereocenters. The number of ether oxygens (including phenoxy) is 1. The van der Waals surface area contributed by atoms with Crippen molar-refractivity contribution < 1.29 is 14.3 Å². The van der Waals surface area contributed by atoms with Crippen molar-refractivity contribution in [2.75, 3.05) is 14.2 Å². The molecule has 6 heteroatoms. The SMILES string of the molecule is CNNC(=O)c1c(C(=O)OC)c2ccccc2n1C. The number of methoxy groups -OCH3 is 1. The zero-order valence-corrected chi connectivity index (χ0v) is 11.0. The predicted octanol–water partition coefficient (Wildman–Crippen LogP) is 0.829. The second-order valence-electron chi connectivity index (χ2n) is 4.00. The maximum Gasteiger partial charge on any atom is 0.340 e. The lowest BCUT2D eigenvalue weighted by Gasteiger charge is -2.06. The number of nitrogens with zero attached hydrogens (tertiary/aromatic N) is 1. The normalized spacial score (nSPS) is 10.5. The molecular weight excluding hydrogens is 246 g/mol. The molecule has 0 bridgehead atoms. The van der Waals surface area contributed by atoms with E-state index in [0.29, 0.717) is 5.39 Å². The van der Waals surface area contributed by atoms with Crippen molar-refractivity contribution in [3.05, 3.63) is 35.5 Å². The second kappa shape index (κ2) is 5.11. The number of hydrogen-bond donors (Lipinski definition) is 2. The number of carbonyl (C=O) groups excluding carboxylic acids is 2. The number of hydrazine groups is 1. The molecule has 0 atom stereocenters. The highest BCUT2D eigenvalue weighted by Crippen LogP contribution is 2.25. The van der Waals surface area contributed by atoms with Crippen LogP contribution in [0.4, 0.5) is 0 Å². The fraction of sp³-hybridized carbons (Fsp3) is 0.231. The Morgan fingerprint density at radius 2 is 1.95 bits per heavy atom. The first-order chi connectivity index (χ1) is 9.11. The molecule has 1 amide bonds. The minimum absolute atomic E-state index is 0.266. The Hall–Kier alpha value is -2.34. The Bertz CT molecular complexity index is 646. The summed E-state index contributed by atoms with van der Waals surface area (Å²) in [5, 5.41) is 0.693. The van der Waals surface area contributed by atoms with Gasteiger partial charge in [-0.3, -0.25) is 10.2 Å². The van der Waals surface area contributed by atoms with Gasteiger partial charge >= 0.3 is 5.97 Å². The minimum Gasteiger partial charge on any atom is -0.465 e. The van der Waals surface area contributed by atoms with Crippen LogP contribution in [0, 0.1) is 0 Å². The van der Waals surface area contributed by atoms with E-state index in [2.05, 4.69) is 10.9 Å². The molecule has 1 aromatic heterocycles. The highest BCUT2D eigenvalue weighted by Gasteiger charge is 2.25. The number of fused-ring (bicyclic) bond motifs is 1. The molecule has 6 nitrogen and oxygen atoms in total. The van der Waals surface area contributed by atoms with Gasteiger partial charge in [0.1, 0.15) is 5.69 Å². The molecule has 0 fully saturated rings. The standard InChI is InChI=1S/C13H15N3O3/c1-14-15-12(17)11-10(13(18)19-3)8-6-4-5-7-9(8)16(11)2/h4-7,14H,1-3H3,(H,15,17). The molecule has 0 aliphatic carbocycles. The molecule has 0 spiro atoms. The summed E-state index contributed by atoms with van der Waals surface area (Å²) in [4.78, 5) is 24.0. The van der Waals surface area contributed by atoms with Gasteiger partial charge in [0.15, 0.2) is 0 Å². The number of hydrogen-bond acceptors (Lipinski definition) is 4. The summed E-state index contributed by atoms with van der Waals surface area (Å²) < 4.78 is 6.45. The molecule has 1 aromatic carbocycles. The van der Waals surface area contributed by atoms with Gasteiger partial charge in [-0.05, 0) is 6.07 Å². The fourth-order valence-electron chi connectivity index (χ4n) is 2.14. The minimum atomic E-state index is -0.530. The Balaban J connectivity index is 2.76. The Labute approximate surface area is 110 Å². The Morgan fingerprint density at radius 3 is 2.58 bits per heavy atom. The van der Waals surface area contributed by atoms with Crippen LogP contribution in [0.2, 0.25) is 0 Å². The largest absolute Gasteiger partial charge is 0.465 e. The van der Waals surface area contributed by atoms with Gasteiger partial charge in [-0.1, -0.05) is 18.2 Å². The average molecular weight is 261 g/mol. The summed E-state index contributed by atoms with van der Waals surface area (Å²) in [7, 11) is 4.61. The summed E-state index contributed by atoms with van der Waals surface area (Å²) in [5.41, 5.74) is 6.36. The average Bonchev–Trinajstić information content (AvgIpc) is 2.72.